The second-order valence-corrected chi connectivity index (χ2v) is 11.2. The van der Waals surface area contributed by atoms with E-state index in [4.69, 9.17) is 9.30 Å². The Morgan fingerprint density at radius 1 is 1.60 bits per heavy atom. The van der Waals surface area contributed by atoms with Crippen molar-refractivity contribution < 1.29 is 16.8 Å². The number of halogens is 1. The molecule has 0 saturated heterocycles. The monoisotopic (exact) mass is 141 g/mol. The molecule has 0 aliphatic carbocycles. The third-order valence-corrected chi connectivity index (χ3v) is 7.01. The van der Waals surface area contributed by atoms with Crippen LogP contribution >= 0.6 is 9.30 Å². The van der Waals surface area contributed by atoms with E-state index >= 15 is 0 Å². The van der Waals surface area contributed by atoms with E-state index < -0.39 is 0 Å². The maximum atomic E-state index is 5.51. The molecule has 0 fully saturated rings. The quantitative estimate of drug-likeness (QED) is 0.448. The van der Waals surface area contributed by atoms with Gasteiger partial charge in [-0.1, -0.05) is 0 Å². The van der Waals surface area contributed by atoms with E-state index in [1.807, 2.05) is 0 Å². The van der Waals surface area contributed by atoms with E-state index in [2.05, 4.69) is 13.1 Å². The van der Waals surface area contributed by atoms with Gasteiger partial charge in [-0.15, -0.1) is 0 Å². The van der Waals surface area contributed by atoms with Gasteiger partial charge < -0.3 is 0 Å². The summed E-state index contributed by atoms with van der Waals surface area (Å²) < 4.78 is 0. The summed E-state index contributed by atoms with van der Waals surface area (Å²) in [5, 5.41) is 0. The van der Waals surface area contributed by atoms with E-state index in [0.29, 0.717) is 0 Å². The summed E-state index contributed by atoms with van der Waals surface area (Å²) in [4.78, 5) is 0. The Morgan fingerprint density at radius 3 is 1.80 bits per heavy atom. The van der Waals surface area contributed by atoms with Crippen LogP contribution in [0.2, 0.25) is 13.1 Å². The molecular weight excluding hydrogens is 135 g/mol. The summed E-state index contributed by atoms with van der Waals surface area (Å²) >= 11 is 0.0185. The van der Waals surface area contributed by atoms with Crippen LogP contribution in [0.4, 0.5) is 0 Å². The average Bonchev–Trinajstić information content (AvgIpc) is 1.38. The number of rotatable bonds is 0. The maximum absolute atomic E-state index is 5.51. The van der Waals surface area contributed by atoms with E-state index in [0.717, 1.165) is 0 Å². The molecule has 0 radical (unpaired) electrons. The van der Waals surface area contributed by atoms with Crippen molar-refractivity contribution >= 4 is 15.5 Å². The molecule has 0 aromatic rings. The Bertz CT molecular complexity index is 47.6. The predicted octanol–water partition coefficient (Wildman–Crippen LogP) is 1.47. The summed E-state index contributed by atoms with van der Waals surface area (Å²) in [5.41, 5.74) is 0. The second kappa shape index (κ2) is 3.41. The fourth-order valence-corrected chi connectivity index (χ4v) is 0. The molecule has 0 nitrogen and oxygen atoms in total. The van der Waals surface area contributed by atoms with Crippen molar-refractivity contribution in [1.29, 1.82) is 0 Å². The van der Waals surface area contributed by atoms with E-state index in [9.17, 15) is 0 Å². The van der Waals surface area contributed by atoms with Crippen molar-refractivity contribution in [3.8, 4) is 0 Å². The second-order valence-electron chi connectivity index (χ2n) is 1.09. The van der Waals surface area contributed by atoms with Gasteiger partial charge in [-0.3, -0.25) is 0 Å². The summed E-state index contributed by atoms with van der Waals surface area (Å²) in [7, 11) is 5.51. The van der Waals surface area contributed by atoms with E-state index in [-0.39, 0.29) is 23.0 Å². The molecule has 0 N–H and O–H groups in total. The summed E-state index contributed by atoms with van der Waals surface area (Å²) in [6, 6.07) is 0. The number of hydrogen-bond donors (Lipinski definition) is 0. The van der Waals surface area contributed by atoms with Crippen LogP contribution in [-0.2, 0) is 16.8 Å². The first kappa shape index (κ1) is 6.22. The van der Waals surface area contributed by atoms with E-state index in [1.54, 1.807) is 0 Å². The molecule has 0 heterocycles. The van der Waals surface area contributed by atoms with Gasteiger partial charge in [-0.2, -0.15) is 0 Å². The topological polar surface area (TPSA) is 0 Å². The molecule has 0 atom stereocenters. The van der Waals surface area contributed by atoms with E-state index in [1.165, 1.54) is 0 Å². The van der Waals surface area contributed by atoms with Gasteiger partial charge in [-0.05, 0) is 0 Å². The van der Waals surface area contributed by atoms with Crippen LogP contribution in [0, 0.1) is 0 Å². The van der Waals surface area contributed by atoms with Crippen LogP contribution in [0.25, 0.3) is 0 Å². The molecule has 0 bridgehead atoms. The fourth-order valence-electron chi connectivity index (χ4n) is 0. The van der Waals surface area contributed by atoms with Crippen molar-refractivity contribution in [1.82, 2.24) is 0 Å². The van der Waals surface area contributed by atoms with Gasteiger partial charge in [0, 0.05) is 0 Å². The third kappa shape index (κ3) is 5.22. The van der Waals surface area contributed by atoms with Crippen molar-refractivity contribution in [2.24, 2.45) is 0 Å². The molecule has 3 heteroatoms. The van der Waals surface area contributed by atoms with Crippen LogP contribution in [0.3, 0.4) is 0 Å². The Morgan fingerprint density at radius 2 is 1.80 bits per heavy atom. The standard InChI is InChI=1S/C2H6Si.ClH.Ti/c1-3-2;;/h1-2H3;1H;/q;;+1/p-1. The summed E-state index contributed by atoms with van der Waals surface area (Å²) in [5.74, 6) is 0. The first-order valence-electron chi connectivity index (χ1n) is 1.44. The molecule has 0 aromatic heterocycles. The van der Waals surface area contributed by atoms with Gasteiger partial charge in [0.2, 0.25) is 0 Å². The van der Waals surface area contributed by atoms with Gasteiger partial charge in [0.15, 0.2) is 0 Å². The molecule has 0 aliphatic heterocycles. The Kier molecular flexibility index (Phi) is 4.25. The van der Waals surface area contributed by atoms with Crippen LogP contribution in [-0.4, -0.2) is 6.19 Å². The Balaban J connectivity index is 3.14. The first-order chi connectivity index (χ1) is 2.27. The zero-order valence-electron chi connectivity index (χ0n) is 3.38. The van der Waals surface area contributed by atoms with Crippen LogP contribution in [0.15, 0.2) is 0 Å². The normalized spacial score (nSPS) is 6.20. The number of hydrogen-bond acceptors (Lipinski definition) is 0. The minimum atomic E-state index is 0.0165. The molecule has 0 amide bonds. The molecule has 0 aromatic carbocycles. The summed E-state index contributed by atoms with van der Waals surface area (Å²) in [6.45, 7) is 4.50. The molecule has 0 rings (SSSR count). The van der Waals surface area contributed by atoms with Gasteiger partial charge in [0.05, 0.1) is 0 Å². The Hall–Kier alpha value is 1.22. The van der Waals surface area contributed by atoms with Crippen LogP contribution in [0.5, 0.6) is 0 Å². The molecule has 29 valence electrons. The third-order valence-electron chi connectivity index (χ3n) is 0.189. The molecule has 0 unspecified atom stereocenters. The van der Waals surface area contributed by atoms with Crippen LogP contribution < -0.4 is 0 Å². The molecule has 5 heavy (non-hydrogen) atoms. The predicted molar refractivity (Wildman–Crippen MR) is 23.3 cm³/mol. The zero-order valence-corrected chi connectivity index (χ0v) is 6.70. The van der Waals surface area contributed by atoms with Gasteiger partial charge >= 0.3 is 45.4 Å². The van der Waals surface area contributed by atoms with Crippen molar-refractivity contribution in [3.63, 3.8) is 0 Å². The average molecular weight is 141 g/mol. The van der Waals surface area contributed by atoms with Gasteiger partial charge in [-0.25, -0.2) is 0 Å². The zero-order chi connectivity index (χ0) is 4.28. The summed E-state index contributed by atoms with van der Waals surface area (Å²) in [6.07, 6.45) is 0.0165. The van der Waals surface area contributed by atoms with Crippen molar-refractivity contribution in [3.05, 3.63) is 0 Å². The van der Waals surface area contributed by atoms with Crippen LogP contribution in [0.1, 0.15) is 0 Å². The van der Waals surface area contributed by atoms with Gasteiger partial charge in [0.1, 0.15) is 0 Å². The molecule has 0 aliphatic rings. The fraction of sp³-hybridized carbons (Fsp3) is 1.00. The minimum absolute atomic E-state index is 0.0165. The molecular formula is C2H6ClSiTi. The van der Waals surface area contributed by atoms with Gasteiger partial charge in [0.25, 0.3) is 0 Å². The molecule has 0 spiro atoms. The van der Waals surface area contributed by atoms with Crippen molar-refractivity contribution in [2.45, 2.75) is 13.1 Å². The first-order valence-corrected chi connectivity index (χ1v) is 8.43. The SMILES string of the molecule is C[Si](C)=[Ti][Cl]. The van der Waals surface area contributed by atoms with Crippen molar-refractivity contribution in [2.75, 3.05) is 0 Å². The molecule has 0 saturated carbocycles. The Labute approximate surface area is 45.5 Å².